The number of aryl methyl sites for hydroxylation is 2. The number of piperazine rings is 1. The number of nitrogens with zero attached hydrogens (tertiary/aromatic N) is 4. The van der Waals surface area contributed by atoms with Crippen LogP contribution in [0.4, 0.5) is 11.5 Å². The Labute approximate surface area is 191 Å². The average molecular weight is 481 g/mol. The zero-order valence-corrected chi connectivity index (χ0v) is 19.4. The normalized spacial score (nSPS) is 14.6. The van der Waals surface area contributed by atoms with Gasteiger partial charge >= 0.3 is 0 Å². The maximum Gasteiger partial charge on any atom is 0.264 e. The van der Waals surface area contributed by atoms with Gasteiger partial charge in [0.15, 0.2) is 0 Å². The smallest absolute Gasteiger partial charge is 0.264 e. The molecule has 3 heterocycles. The topological polar surface area (TPSA) is 92.1 Å². The van der Waals surface area contributed by atoms with Gasteiger partial charge in [0, 0.05) is 45.6 Å². The first kappa shape index (κ1) is 21.9. The Hall–Kier alpha value is -2.33. The van der Waals surface area contributed by atoms with Crippen molar-refractivity contribution in [3.63, 3.8) is 0 Å². The molecule has 0 atom stereocenters. The van der Waals surface area contributed by atoms with Crippen molar-refractivity contribution in [1.82, 2.24) is 20.1 Å². The fourth-order valence-electron chi connectivity index (χ4n) is 3.54. The Kier molecular flexibility index (Phi) is 6.11. The molecule has 31 heavy (non-hydrogen) atoms. The first-order chi connectivity index (χ1) is 14.7. The van der Waals surface area contributed by atoms with Gasteiger partial charge < -0.3 is 10.2 Å². The summed E-state index contributed by atoms with van der Waals surface area (Å²) in [6.45, 7) is 5.26. The highest BCUT2D eigenvalue weighted by atomic mass is 35.5. The van der Waals surface area contributed by atoms with E-state index in [-0.39, 0.29) is 14.9 Å². The monoisotopic (exact) mass is 480 g/mol. The molecule has 3 aromatic rings. The number of rotatable bonds is 5. The third kappa shape index (κ3) is 4.64. The van der Waals surface area contributed by atoms with Gasteiger partial charge in [0.1, 0.15) is 10.7 Å². The Morgan fingerprint density at radius 2 is 1.77 bits per heavy atom. The summed E-state index contributed by atoms with van der Waals surface area (Å²) in [5.41, 5.74) is 2.48. The summed E-state index contributed by atoms with van der Waals surface area (Å²) in [5, 5.41) is 7.54. The molecule has 0 aliphatic carbocycles. The molecule has 0 spiro atoms. The van der Waals surface area contributed by atoms with Gasteiger partial charge in [0.25, 0.3) is 10.0 Å². The van der Waals surface area contributed by atoms with E-state index in [2.05, 4.69) is 25.0 Å². The predicted molar refractivity (Wildman–Crippen MR) is 124 cm³/mol. The van der Waals surface area contributed by atoms with Gasteiger partial charge in [-0.05, 0) is 42.3 Å². The van der Waals surface area contributed by atoms with Crippen LogP contribution in [-0.4, -0.2) is 49.4 Å². The summed E-state index contributed by atoms with van der Waals surface area (Å²) in [6, 6.07) is 7.02. The molecule has 0 unspecified atom stereocenters. The van der Waals surface area contributed by atoms with Crippen LogP contribution in [0.2, 0.25) is 10.0 Å². The van der Waals surface area contributed by atoms with Crippen molar-refractivity contribution in [1.29, 1.82) is 0 Å². The molecule has 4 rings (SSSR count). The second-order valence-electron chi connectivity index (χ2n) is 7.32. The van der Waals surface area contributed by atoms with E-state index in [0.717, 1.165) is 37.6 Å². The van der Waals surface area contributed by atoms with E-state index >= 15 is 0 Å². The lowest BCUT2D eigenvalue weighted by Gasteiger charge is -2.28. The second-order valence-corrected chi connectivity index (χ2v) is 9.75. The molecular formula is C20H22Cl2N6O2S. The van der Waals surface area contributed by atoms with Crippen LogP contribution in [0, 0.1) is 6.92 Å². The van der Waals surface area contributed by atoms with Crippen molar-refractivity contribution in [2.24, 2.45) is 7.05 Å². The first-order valence-corrected chi connectivity index (χ1v) is 11.9. The second kappa shape index (κ2) is 8.66. The van der Waals surface area contributed by atoms with Crippen molar-refractivity contribution in [2.75, 3.05) is 35.8 Å². The van der Waals surface area contributed by atoms with Crippen LogP contribution in [0.25, 0.3) is 11.1 Å². The molecule has 1 aliphatic heterocycles. The molecule has 0 bridgehead atoms. The van der Waals surface area contributed by atoms with E-state index in [9.17, 15) is 8.42 Å². The molecule has 0 saturated carbocycles. The van der Waals surface area contributed by atoms with Crippen LogP contribution in [0.3, 0.4) is 0 Å². The molecular weight excluding hydrogens is 459 g/mol. The van der Waals surface area contributed by atoms with Gasteiger partial charge in [0.2, 0.25) is 0 Å². The van der Waals surface area contributed by atoms with Crippen molar-refractivity contribution < 1.29 is 8.42 Å². The first-order valence-electron chi connectivity index (χ1n) is 9.69. The number of benzene rings is 1. The number of aromatic nitrogens is 3. The lowest BCUT2D eigenvalue weighted by molar-refractivity contribution is 0.585. The highest BCUT2D eigenvalue weighted by Crippen LogP contribution is 2.36. The van der Waals surface area contributed by atoms with Crippen molar-refractivity contribution >= 4 is 44.7 Å². The van der Waals surface area contributed by atoms with Crippen molar-refractivity contribution in [3.05, 3.63) is 52.4 Å². The fourth-order valence-corrected chi connectivity index (χ4v) is 5.86. The van der Waals surface area contributed by atoms with Crippen LogP contribution in [-0.2, 0) is 17.1 Å². The van der Waals surface area contributed by atoms with Gasteiger partial charge in [-0.1, -0.05) is 23.2 Å². The van der Waals surface area contributed by atoms with Crippen LogP contribution < -0.4 is 14.9 Å². The Morgan fingerprint density at radius 3 is 2.39 bits per heavy atom. The third-order valence-electron chi connectivity index (χ3n) is 5.04. The van der Waals surface area contributed by atoms with Crippen molar-refractivity contribution in [2.45, 2.75) is 11.8 Å². The van der Waals surface area contributed by atoms with Gasteiger partial charge in [-0.3, -0.25) is 9.40 Å². The SMILES string of the molecule is Cc1nn(C)cc1NS(=O)(=O)c1c(Cl)cc(-c2ccnc(N3CCNCC3)c2)cc1Cl. The summed E-state index contributed by atoms with van der Waals surface area (Å²) in [5.74, 6) is 0.858. The van der Waals surface area contributed by atoms with E-state index in [1.807, 2.05) is 12.1 Å². The zero-order valence-electron chi connectivity index (χ0n) is 17.1. The maximum atomic E-state index is 13.0. The largest absolute Gasteiger partial charge is 0.354 e. The number of pyridine rings is 1. The molecule has 1 saturated heterocycles. The lowest BCUT2D eigenvalue weighted by Crippen LogP contribution is -2.43. The minimum atomic E-state index is -4.00. The van der Waals surface area contributed by atoms with Crippen LogP contribution >= 0.6 is 23.2 Å². The van der Waals surface area contributed by atoms with Gasteiger partial charge in [-0.15, -0.1) is 0 Å². The summed E-state index contributed by atoms with van der Waals surface area (Å²) < 4.78 is 30.0. The minimum Gasteiger partial charge on any atom is -0.354 e. The van der Waals surface area contributed by atoms with Gasteiger partial charge in [0.05, 0.1) is 21.4 Å². The highest BCUT2D eigenvalue weighted by Gasteiger charge is 2.24. The number of hydrogen-bond donors (Lipinski definition) is 2. The molecule has 0 amide bonds. The molecule has 1 fully saturated rings. The zero-order chi connectivity index (χ0) is 22.2. The number of sulfonamides is 1. The minimum absolute atomic E-state index is 0.0390. The third-order valence-corrected chi connectivity index (χ3v) is 7.33. The lowest BCUT2D eigenvalue weighted by atomic mass is 10.1. The summed E-state index contributed by atoms with van der Waals surface area (Å²) in [4.78, 5) is 6.49. The molecule has 2 N–H and O–H groups in total. The van der Waals surface area contributed by atoms with E-state index in [1.54, 1.807) is 38.5 Å². The van der Waals surface area contributed by atoms with Gasteiger partial charge in [-0.25, -0.2) is 13.4 Å². The number of anilines is 2. The molecule has 0 radical (unpaired) electrons. The molecule has 11 heteroatoms. The highest BCUT2D eigenvalue weighted by molar-refractivity contribution is 7.93. The quantitative estimate of drug-likeness (QED) is 0.581. The van der Waals surface area contributed by atoms with E-state index < -0.39 is 10.0 Å². The summed E-state index contributed by atoms with van der Waals surface area (Å²) in [7, 11) is -2.29. The van der Waals surface area contributed by atoms with Gasteiger partial charge in [-0.2, -0.15) is 5.10 Å². The molecule has 1 aromatic carbocycles. The van der Waals surface area contributed by atoms with Crippen LogP contribution in [0.1, 0.15) is 5.69 Å². The van der Waals surface area contributed by atoms with E-state index in [4.69, 9.17) is 23.2 Å². The van der Waals surface area contributed by atoms with Crippen molar-refractivity contribution in [3.8, 4) is 11.1 Å². The standard InChI is InChI=1S/C20H22Cl2N6O2S/c1-13-18(12-27(2)25-13)26-31(29,30)20-16(21)9-15(10-17(20)22)14-3-4-24-19(11-14)28-7-5-23-6-8-28/h3-4,9-12,23,26H,5-8H2,1-2H3. The average Bonchev–Trinajstić information content (AvgIpc) is 3.04. The Morgan fingerprint density at radius 1 is 1.10 bits per heavy atom. The molecule has 2 aromatic heterocycles. The van der Waals surface area contributed by atoms with Crippen LogP contribution in [0.5, 0.6) is 0 Å². The Balaban J connectivity index is 1.67. The predicted octanol–water partition coefficient (Wildman–Crippen LogP) is 3.31. The van der Waals surface area contributed by atoms with E-state index in [1.165, 1.54) is 4.68 Å². The van der Waals surface area contributed by atoms with Crippen LogP contribution in [0.15, 0.2) is 41.6 Å². The fraction of sp³-hybridized carbons (Fsp3) is 0.300. The van der Waals surface area contributed by atoms with E-state index in [0.29, 0.717) is 16.9 Å². The molecule has 8 nitrogen and oxygen atoms in total. The molecule has 164 valence electrons. The maximum absolute atomic E-state index is 13.0. The summed E-state index contributed by atoms with van der Waals surface area (Å²) >= 11 is 12.8. The number of nitrogens with one attached hydrogen (secondary N) is 2. The summed E-state index contributed by atoms with van der Waals surface area (Å²) in [6.07, 6.45) is 3.31. The number of halogens is 2. The molecule has 1 aliphatic rings. The number of hydrogen-bond acceptors (Lipinski definition) is 6. The Bertz CT molecular complexity index is 1200.